The molecule has 0 saturated heterocycles. The number of imidazole rings is 1. The van der Waals surface area contributed by atoms with E-state index in [0.717, 1.165) is 28.9 Å². The Kier molecular flexibility index (Phi) is 6.21. The molecule has 6 nitrogen and oxygen atoms in total. The normalized spacial score (nSPS) is 10.8. The Bertz CT molecular complexity index is 1270. The van der Waals surface area contributed by atoms with Crippen LogP contribution in [0.25, 0.3) is 16.7 Å². The molecular formula is C24H20F2N4O2. The lowest BCUT2D eigenvalue weighted by Gasteiger charge is -2.09. The lowest BCUT2D eigenvalue weighted by atomic mass is 10.2. The fraction of sp³-hybridized carbons (Fsp3) is 0.125. The number of hydrogen-bond donors (Lipinski definition) is 2. The number of anilines is 1. The van der Waals surface area contributed by atoms with Gasteiger partial charge in [-0.25, -0.2) is 13.8 Å². The summed E-state index contributed by atoms with van der Waals surface area (Å²) in [6.07, 6.45) is 2.31. The molecular weight excluding hydrogens is 414 g/mol. The molecule has 0 aliphatic carbocycles. The third kappa shape index (κ3) is 4.80. The third-order valence-corrected chi connectivity index (χ3v) is 4.92. The van der Waals surface area contributed by atoms with E-state index in [-0.39, 0.29) is 24.4 Å². The Labute approximate surface area is 182 Å². The van der Waals surface area contributed by atoms with Gasteiger partial charge in [0.05, 0.1) is 16.6 Å². The van der Waals surface area contributed by atoms with Crippen molar-refractivity contribution in [1.82, 2.24) is 14.9 Å². The molecule has 0 aliphatic rings. The van der Waals surface area contributed by atoms with Crippen molar-refractivity contribution in [3.63, 3.8) is 0 Å². The first-order valence-corrected chi connectivity index (χ1v) is 10.1. The number of halogens is 2. The van der Waals surface area contributed by atoms with Crippen molar-refractivity contribution in [3.8, 4) is 5.69 Å². The van der Waals surface area contributed by atoms with Crippen LogP contribution in [0.3, 0.4) is 0 Å². The van der Waals surface area contributed by atoms with Crippen LogP contribution in [0.2, 0.25) is 0 Å². The van der Waals surface area contributed by atoms with Gasteiger partial charge < -0.3 is 10.6 Å². The number of benzene rings is 3. The van der Waals surface area contributed by atoms with Gasteiger partial charge in [-0.15, -0.1) is 0 Å². The Morgan fingerprint density at radius 2 is 1.75 bits per heavy atom. The Balaban J connectivity index is 1.26. The fourth-order valence-corrected chi connectivity index (χ4v) is 3.31. The van der Waals surface area contributed by atoms with Gasteiger partial charge in [0.2, 0.25) is 5.91 Å². The van der Waals surface area contributed by atoms with E-state index < -0.39 is 17.5 Å². The van der Waals surface area contributed by atoms with Gasteiger partial charge in [0, 0.05) is 30.4 Å². The topological polar surface area (TPSA) is 76.0 Å². The van der Waals surface area contributed by atoms with Crippen LogP contribution in [0.5, 0.6) is 0 Å². The predicted molar refractivity (Wildman–Crippen MR) is 118 cm³/mol. The number of carbonyl (C=O) groups excluding carboxylic acids is 2. The number of nitrogens with one attached hydrogen (secondary N) is 2. The molecule has 0 unspecified atom stereocenters. The van der Waals surface area contributed by atoms with Crippen molar-refractivity contribution < 1.29 is 18.4 Å². The summed E-state index contributed by atoms with van der Waals surface area (Å²) >= 11 is 0. The van der Waals surface area contributed by atoms with Gasteiger partial charge in [-0.05, 0) is 55.0 Å². The molecule has 162 valence electrons. The second kappa shape index (κ2) is 9.38. The number of hydrogen-bond acceptors (Lipinski definition) is 3. The lowest BCUT2D eigenvalue weighted by molar-refractivity contribution is -0.116. The van der Waals surface area contributed by atoms with Crippen LogP contribution in [0.4, 0.5) is 14.5 Å². The van der Waals surface area contributed by atoms with Crippen LogP contribution in [0.1, 0.15) is 23.2 Å². The molecule has 0 radical (unpaired) electrons. The maximum absolute atomic E-state index is 13.6. The molecule has 3 aromatic carbocycles. The van der Waals surface area contributed by atoms with Crippen LogP contribution in [0.15, 0.2) is 73.1 Å². The van der Waals surface area contributed by atoms with Crippen molar-refractivity contribution in [1.29, 1.82) is 0 Å². The second-order valence-corrected chi connectivity index (χ2v) is 7.18. The van der Waals surface area contributed by atoms with E-state index in [1.165, 1.54) is 0 Å². The van der Waals surface area contributed by atoms with Gasteiger partial charge in [0.15, 0.2) is 0 Å². The molecule has 0 spiro atoms. The molecule has 0 atom stereocenters. The first-order chi connectivity index (χ1) is 15.5. The Hall–Kier alpha value is -4.07. The number of fused-ring (bicyclic) bond motifs is 1. The Morgan fingerprint density at radius 3 is 2.53 bits per heavy atom. The highest BCUT2D eigenvalue weighted by molar-refractivity contribution is 5.94. The van der Waals surface area contributed by atoms with Gasteiger partial charge in [0.25, 0.3) is 5.91 Å². The molecule has 0 fully saturated rings. The van der Waals surface area contributed by atoms with Crippen LogP contribution >= 0.6 is 0 Å². The van der Waals surface area contributed by atoms with E-state index in [4.69, 9.17) is 0 Å². The number of rotatable bonds is 7. The van der Waals surface area contributed by atoms with E-state index in [2.05, 4.69) is 15.6 Å². The summed E-state index contributed by atoms with van der Waals surface area (Å²) in [6.45, 7) is 0.190. The highest BCUT2D eigenvalue weighted by Gasteiger charge is 2.12. The van der Waals surface area contributed by atoms with Gasteiger partial charge >= 0.3 is 0 Å². The van der Waals surface area contributed by atoms with E-state index in [1.807, 2.05) is 41.0 Å². The molecule has 4 aromatic rings. The van der Waals surface area contributed by atoms with Crippen molar-refractivity contribution in [2.75, 3.05) is 11.9 Å². The van der Waals surface area contributed by atoms with Crippen LogP contribution in [-0.4, -0.2) is 27.9 Å². The van der Waals surface area contributed by atoms with Gasteiger partial charge in [-0.3, -0.25) is 14.2 Å². The van der Waals surface area contributed by atoms with Crippen LogP contribution in [-0.2, 0) is 4.79 Å². The number of nitrogens with zero attached hydrogens (tertiary/aromatic N) is 2. The molecule has 0 bridgehead atoms. The quantitative estimate of drug-likeness (QED) is 0.422. The smallest absolute Gasteiger partial charge is 0.254 e. The third-order valence-electron chi connectivity index (χ3n) is 4.92. The first-order valence-electron chi connectivity index (χ1n) is 10.1. The van der Waals surface area contributed by atoms with Crippen molar-refractivity contribution in [3.05, 3.63) is 90.3 Å². The molecule has 2 amide bonds. The lowest BCUT2D eigenvalue weighted by Crippen LogP contribution is -2.26. The molecule has 1 heterocycles. The molecule has 1 aromatic heterocycles. The number of para-hydroxylation sites is 2. The molecule has 32 heavy (non-hydrogen) atoms. The molecule has 4 rings (SSSR count). The van der Waals surface area contributed by atoms with Gasteiger partial charge in [-0.2, -0.15) is 0 Å². The van der Waals surface area contributed by atoms with Crippen LogP contribution in [0, 0.1) is 11.6 Å². The summed E-state index contributed by atoms with van der Waals surface area (Å²) < 4.78 is 28.5. The Morgan fingerprint density at radius 1 is 0.969 bits per heavy atom. The van der Waals surface area contributed by atoms with Crippen molar-refractivity contribution >= 4 is 28.5 Å². The molecule has 0 aliphatic heterocycles. The van der Waals surface area contributed by atoms with E-state index in [0.29, 0.717) is 18.2 Å². The average molecular weight is 434 g/mol. The second-order valence-electron chi connectivity index (χ2n) is 7.18. The van der Waals surface area contributed by atoms with Crippen LogP contribution < -0.4 is 10.6 Å². The summed E-state index contributed by atoms with van der Waals surface area (Å²) in [7, 11) is 0. The molecule has 0 saturated carbocycles. The maximum Gasteiger partial charge on any atom is 0.254 e. The average Bonchev–Trinajstić information content (AvgIpc) is 3.21. The summed E-state index contributed by atoms with van der Waals surface area (Å²) in [5.74, 6) is -2.52. The predicted octanol–water partition coefficient (Wildman–Crippen LogP) is 4.45. The molecule has 2 N–H and O–H groups in total. The van der Waals surface area contributed by atoms with Crippen molar-refractivity contribution in [2.45, 2.75) is 12.8 Å². The summed E-state index contributed by atoms with van der Waals surface area (Å²) in [5.41, 5.74) is 3.24. The van der Waals surface area contributed by atoms with E-state index in [1.54, 1.807) is 18.5 Å². The first kappa shape index (κ1) is 21.2. The number of amides is 2. The summed E-state index contributed by atoms with van der Waals surface area (Å²) in [6, 6.07) is 18.0. The van der Waals surface area contributed by atoms with Gasteiger partial charge in [-0.1, -0.05) is 12.1 Å². The summed E-state index contributed by atoms with van der Waals surface area (Å²) in [4.78, 5) is 28.5. The zero-order chi connectivity index (χ0) is 22.5. The SMILES string of the molecule is O=C(CCCNC(=O)c1ccc(F)cc1F)Nc1ccc(-n2cnc3ccccc32)cc1. The van der Waals surface area contributed by atoms with E-state index in [9.17, 15) is 18.4 Å². The number of carbonyl (C=O) groups is 2. The highest BCUT2D eigenvalue weighted by Crippen LogP contribution is 2.19. The fourth-order valence-electron chi connectivity index (χ4n) is 3.31. The van der Waals surface area contributed by atoms with Gasteiger partial charge in [0.1, 0.15) is 18.0 Å². The molecule has 8 heteroatoms. The minimum Gasteiger partial charge on any atom is -0.352 e. The van der Waals surface area contributed by atoms with E-state index >= 15 is 0 Å². The monoisotopic (exact) mass is 434 g/mol. The number of aromatic nitrogens is 2. The standard InChI is InChI=1S/C24H20F2N4O2/c25-16-7-12-19(20(26)14-16)24(32)27-13-3-6-23(31)29-17-8-10-18(11-9-17)30-15-28-21-4-1-2-5-22(21)30/h1-2,4-5,7-12,14-15H,3,6,13H2,(H,27,32)(H,29,31). The van der Waals surface area contributed by atoms with Crippen molar-refractivity contribution in [2.24, 2.45) is 0 Å². The summed E-state index contributed by atoms with van der Waals surface area (Å²) in [5, 5.41) is 5.33. The minimum absolute atomic E-state index is 0.181. The maximum atomic E-state index is 13.6. The largest absolute Gasteiger partial charge is 0.352 e. The zero-order valence-electron chi connectivity index (χ0n) is 17.0. The highest BCUT2D eigenvalue weighted by atomic mass is 19.1. The minimum atomic E-state index is -0.924. The zero-order valence-corrected chi connectivity index (χ0v) is 17.0.